The Morgan fingerprint density at radius 2 is 1.03 bits per heavy atom. The monoisotopic (exact) mass is 422 g/mol. The van der Waals surface area contributed by atoms with Crippen LogP contribution >= 0.6 is 0 Å². The molecule has 5 aromatic rings. The zero-order valence-electron chi connectivity index (χ0n) is 18.8. The Morgan fingerprint density at radius 3 is 1.61 bits per heavy atom. The van der Waals surface area contributed by atoms with Gasteiger partial charge in [-0.25, -0.2) is 4.57 Å². The maximum Gasteiger partial charge on any atom is 0.212 e. The van der Waals surface area contributed by atoms with Crippen molar-refractivity contribution in [3.8, 4) is 33.5 Å². The Morgan fingerprint density at radius 1 is 0.515 bits per heavy atom. The lowest BCUT2D eigenvalue weighted by molar-refractivity contribution is -0.660. The van der Waals surface area contributed by atoms with E-state index in [1.807, 2.05) is 0 Å². The topological polar surface area (TPSA) is 3.88 Å². The molecule has 156 valence electrons. The molecule has 4 aromatic carbocycles. The van der Waals surface area contributed by atoms with Crippen LogP contribution in [0.5, 0.6) is 0 Å². The number of nitrogens with zero attached hydrogens (tertiary/aromatic N) is 1. The van der Waals surface area contributed by atoms with Crippen molar-refractivity contribution in [1.82, 2.24) is 0 Å². The standard InChI is InChI=1S/C32H24N/c1-21-19-26-24-13-5-8-16-29(24)32(30(26)20-25(21)31-17-9-10-18-33(31)2)27-14-6-3-11-22(27)23-12-4-7-15-28(23)32/h3-20H,1-2H3/q+1. The van der Waals surface area contributed by atoms with Crippen LogP contribution < -0.4 is 4.57 Å². The zero-order chi connectivity index (χ0) is 22.2. The van der Waals surface area contributed by atoms with Gasteiger partial charge in [-0.2, -0.15) is 0 Å². The number of aromatic nitrogens is 1. The fraction of sp³-hybridized carbons (Fsp3) is 0.0938. The fourth-order valence-electron chi connectivity index (χ4n) is 6.33. The summed E-state index contributed by atoms with van der Waals surface area (Å²) < 4.78 is 2.22. The molecule has 1 aromatic heterocycles. The van der Waals surface area contributed by atoms with Gasteiger partial charge in [-0.3, -0.25) is 0 Å². The molecule has 0 atom stereocenters. The van der Waals surface area contributed by atoms with E-state index in [9.17, 15) is 0 Å². The first-order valence-electron chi connectivity index (χ1n) is 11.6. The van der Waals surface area contributed by atoms with Gasteiger partial charge >= 0.3 is 0 Å². The van der Waals surface area contributed by atoms with Gasteiger partial charge in [0.2, 0.25) is 5.69 Å². The Bertz CT molecular complexity index is 1550. The maximum atomic E-state index is 2.47. The van der Waals surface area contributed by atoms with Gasteiger partial charge in [0, 0.05) is 17.7 Å². The predicted octanol–water partition coefficient (Wildman–Crippen LogP) is 6.83. The number of benzene rings is 4. The maximum absolute atomic E-state index is 2.47. The number of aryl methyl sites for hydroxylation is 2. The zero-order valence-corrected chi connectivity index (χ0v) is 18.8. The molecule has 1 heteroatoms. The molecule has 0 fully saturated rings. The van der Waals surface area contributed by atoms with Gasteiger partial charge in [-0.1, -0.05) is 78.9 Å². The first-order chi connectivity index (χ1) is 16.2. The molecule has 0 N–H and O–H groups in total. The highest BCUT2D eigenvalue weighted by molar-refractivity contribution is 5.96. The summed E-state index contributed by atoms with van der Waals surface area (Å²) >= 11 is 0. The van der Waals surface area contributed by atoms with E-state index >= 15 is 0 Å². The molecule has 0 amide bonds. The van der Waals surface area contributed by atoms with Gasteiger partial charge in [0.05, 0.1) is 5.41 Å². The second-order valence-corrected chi connectivity index (χ2v) is 9.30. The van der Waals surface area contributed by atoms with Crippen LogP contribution in [-0.4, -0.2) is 0 Å². The fourth-order valence-corrected chi connectivity index (χ4v) is 6.33. The quantitative estimate of drug-likeness (QED) is 0.255. The van der Waals surface area contributed by atoms with Crippen molar-refractivity contribution in [2.24, 2.45) is 7.05 Å². The molecule has 1 nitrogen and oxygen atoms in total. The Labute approximate surface area is 194 Å². The van der Waals surface area contributed by atoms with E-state index in [4.69, 9.17) is 0 Å². The predicted molar refractivity (Wildman–Crippen MR) is 134 cm³/mol. The minimum absolute atomic E-state index is 0.283. The van der Waals surface area contributed by atoms with Crippen molar-refractivity contribution < 1.29 is 4.57 Å². The highest BCUT2D eigenvalue weighted by Gasteiger charge is 2.51. The number of hydrogen-bond donors (Lipinski definition) is 0. The van der Waals surface area contributed by atoms with Gasteiger partial charge in [-0.05, 0) is 69.1 Å². The van der Waals surface area contributed by atoms with E-state index < -0.39 is 0 Å². The van der Waals surface area contributed by atoms with Crippen LogP contribution in [0.4, 0.5) is 0 Å². The Kier molecular flexibility index (Phi) is 3.67. The largest absolute Gasteiger partial charge is 0.212 e. The van der Waals surface area contributed by atoms with Gasteiger partial charge in [0.25, 0.3) is 0 Å². The molecule has 0 unspecified atom stereocenters. The van der Waals surface area contributed by atoms with Crippen LogP contribution in [0, 0.1) is 6.92 Å². The molecule has 2 aliphatic rings. The summed E-state index contributed by atoms with van der Waals surface area (Å²) in [6.07, 6.45) is 2.13. The van der Waals surface area contributed by atoms with Crippen molar-refractivity contribution in [3.05, 3.63) is 137 Å². The third-order valence-corrected chi connectivity index (χ3v) is 7.67. The molecule has 0 saturated carbocycles. The summed E-state index contributed by atoms with van der Waals surface area (Å²) in [5.41, 5.74) is 14.5. The van der Waals surface area contributed by atoms with Gasteiger partial charge in [-0.15, -0.1) is 0 Å². The molecule has 0 radical (unpaired) electrons. The van der Waals surface area contributed by atoms with Crippen LogP contribution in [0.2, 0.25) is 0 Å². The van der Waals surface area contributed by atoms with Gasteiger partial charge < -0.3 is 0 Å². The molecular formula is C32H24N+. The normalized spacial score (nSPS) is 14.0. The molecule has 0 bridgehead atoms. The molecule has 0 saturated heterocycles. The SMILES string of the molecule is Cc1cc2c(cc1-c1cccc[n+]1C)C1(c3ccccc3-c3ccccc31)c1ccccc1-2. The number of rotatable bonds is 1. The number of hydrogen-bond acceptors (Lipinski definition) is 0. The Balaban J connectivity index is 1.66. The van der Waals surface area contributed by atoms with Crippen LogP contribution in [-0.2, 0) is 12.5 Å². The smallest absolute Gasteiger partial charge is 0.201 e. The third-order valence-electron chi connectivity index (χ3n) is 7.67. The number of pyridine rings is 1. The molecule has 1 heterocycles. The van der Waals surface area contributed by atoms with Crippen molar-refractivity contribution >= 4 is 0 Å². The summed E-state index contributed by atoms with van der Waals surface area (Å²) in [7, 11) is 2.13. The molecule has 1 spiro atoms. The lowest BCUT2D eigenvalue weighted by Gasteiger charge is -2.30. The van der Waals surface area contributed by atoms with Gasteiger partial charge in [0.15, 0.2) is 6.20 Å². The third kappa shape index (κ3) is 2.24. The summed E-state index contributed by atoms with van der Waals surface area (Å²) in [4.78, 5) is 0. The van der Waals surface area contributed by atoms with Gasteiger partial charge in [0.1, 0.15) is 7.05 Å². The molecule has 2 aliphatic carbocycles. The summed E-state index contributed by atoms with van der Waals surface area (Å²) in [6, 6.07) is 38.3. The molecule has 0 aliphatic heterocycles. The van der Waals surface area contributed by atoms with E-state index in [1.165, 1.54) is 61.3 Å². The summed E-state index contributed by atoms with van der Waals surface area (Å²) in [5.74, 6) is 0. The molecule has 7 rings (SSSR count). The van der Waals surface area contributed by atoms with Crippen molar-refractivity contribution in [3.63, 3.8) is 0 Å². The highest BCUT2D eigenvalue weighted by atomic mass is 14.9. The lowest BCUT2D eigenvalue weighted by Crippen LogP contribution is -2.30. The first kappa shape index (κ1) is 18.6. The highest BCUT2D eigenvalue weighted by Crippen LogP contribution is 2.63. The van der Waals surface area contributed by atoms with Crippen LogP contribution in [0.25, 0.3) is 33.5 Å². The molecular weight excluding hydrogens is 398 g/mol. The summed E-state index contributed by atoms with van der Waals surface area (Å²) in [6.45, 7) is 2.24. The van der Waals surface area contributed by atoms with Crippen molar-refractivity contribution in [1.29, 1.82) is 0 Å². The van der Waals surface area contributed by atoms with Crippen LogP contribution in [0.15, 0.2) is 109 Å². The van der Waals surface area contributed by atoms with E-state index in [1.54, 1.807) is 0 Å². The second-order valence-electron chi connectivity index (χ2n) is 9.30. The van der Waals surface area contributed by atoms with Crippen LogP contribution in [0.1, 0.15) is 27.8 Å². The van der Waals surface area contributed by atoms with E-state index in [2.05, 4.69) is 128 Å². The average Bonchev–Trinajstić information content (AvgIpc) is 3.31. The minimum Gasteiger partial charge on any atom is -0.201 e. The molecule has 33 heavy (non-hydrogen) atoms. The summed E-state index contributed by atoms with van der Waals surface area (Å²) in [5, 5.41) is 0. The Hall–Kier alpha value is -3.97. The average molecular weight is 423 g/mol. The lowest BCUT2D eigenvalue weighted by atomic mass is 9.70. The van der Waals surface area contributed by atoms with E-state index in [-0.39, 0.29) is 5.41 Å². The second kappa shape index (κ2) is 6.52. The van der Waals surface area contributed by atoms with Crippen molar-refractivity contribution in [2.75, 3.05) is 0 Å². The van der Waals surface area contributed by atoms with Crippen molar-refractivity contribution in [2.45, 2.75) is 12.3 Å². The van der Waals surface area contributed by atoms with E-state index in [0.717, 1.165) is 0 Å². The van der Waals surface area contributed by atoms with E-state index in [0.29, 0.717) is 0 Å². The number of fused-ring (bicyclic) bond motifs is 10. The van der Waals surface area contributed by atoms with Crippen LogP contribution in [0.3, 0.4) is 0 Å². The minimum atomic E-state index is -0.283. The first-order valence-corrected chi connectivity index (χ1v) is 11.6.